The molecule has 1 aromatic carbocycles. The summed E-state index contributed by atoms with van der Waals surface area (Å²) in [5.41, 5.74) is 4.16. The monoisotopic (exact) mass is 319 g/mol. The van der Waals surface area contributed by atoms with E-state index in [-0.39, 0.29) is 0 Å². The molecule has 2 heterocycles. The highest BCUT2D eigenvalue weighted by atomic mass is 15.3. The summed E-state index contributed by atoms with van der Waals surface area (Å²) in [6, 6.07) is 6.29. The molecule has 3 aromatic rings. The molecule has 0 aliphatic rings. The predicted molar refractivity (Wildman–Crippen MR) is 98.2 cm³/mol. The van der Waals surface area contributed by atoms with Gasteiger partial charge in [0.15, 0.2) is 11.3 Å². The first-order valence-electron chi connectivity index (χ1n) is 8.23. The summed E-state index contributed by atoms with van der Waals surface area (Å²) >= 11 is 0. The maximum absolute atomic E-state index is 9.28. The molecule has 0 aliphatic carbocycles. The lowest BCUT2D eigenvalue weighted by Crippen LogP contribution is -2.26. The van der Waals surface area contributed by atoms with Crippen LogP contribution >= 0.6 is 0 Å². The van der Waals surface area contributed by atoms with Gasteiger partial charge in [0, 0.05) is 24.0 Å². The van der Waals surface area contributed by atoms with E-state index in [0.29, 0.717) is 5.69 Å². The van der Waals surface area contributed by atoms with Gasteiger partial charge >= 0.3 is 0 Å². The number of nitriles is 1. The molecular formula is C19H21N5. The van der Waals surface area contributed by atoms with Gasteiger partial charge in [-0.05, 0) is 38.0 Å². The molecule has 0 radical (unpaired) electrons. The van der Waals surface area contributed by atoms with Gasteiger partial charge in [0.2, 0.25) is 5.95 Å². The van der Waals surface area contributed by atoms with Crippen molar-refractivity contribution in [3.8, 4) is 6.07 Å². The molecule has 0 N–H and O–H groups in total. The molecule has 0 atom stereocenters. The quantitative estimate of drug-likeness (QED) is 0.714. The molecule has 3 rings (SSSR count). The summed E-state index contributed by atoms with van der Waals surface area (Å²) in [6.45, 7) is 12.0. The van der Waals surface area contributed by atoms with E-state index >= 15 is 0 Å². The van der Waals surface area contributed by atoms with Crippen LogP contribution in [0.4, 0.5) is 5.95 Å². The smallest absolute Gasteiger partial charge is 0.211 e. The van der Waals surface area contributed by atoms with E-state index in [2.05, 4.69) is 48.5 Å². The Morgan fingerprint density at radius 2 is 2.12 bits per heavy atom. The zero-order chi connectivity index (χ0) is 17.3. The zero-order valence-corrected chi connectivity index (χ0v) is 14.4. The van der Waals surface area contributed by atoms with Crippen molar-refractivity contribution in [3.05, 3.63) is 41.7 Å². The summed E-state index contributed by atoms with van der Waals surface area (Å²) in [7, 11) is 0. The number of benzene rings is 1. The van der Waals surface area contributed by atoms with Gasteiger partial charge in [-0.15, -0.1) is 0 Å². The number of hydrogen-bond acceptors (Lipinski definition) is 4. The van der Waals surface area contributed by atoms with E-state index in [0.717, 1.165) is 53.1 Å². The molecule has 0 saturated heterocycles. The second-order valence-corrected chi connectivity index (χ2v) is 5.88. The largest absolute Gasteiger partial charge is 0.342 e. The number of hydrogen-bond donors (Lipinski definition) is 0. The molecule has 0 amide bonds. The maximum Gasteiger partial charge on any atom is 0.211 e. The number of anilines is 1. The molecule has 0 fully saturated rings. The third-order valence-corrected chi connectivity index (χ3v) is 4.15. The molecule has 2 aromatic heterocycles. The van der Waals surface area contributed by atoms with Crippen molar-refractivity contribution in [1.82, 2.24) is 14.4 Å². The first-order valence-corrected chi connectivity index (χ1v) is 8.23. The van der Waals surface area contributed by atoms with Crippen molar-refractivity contribution in [2.45, 2.75) is 27.2 Å². The van der Waals surface area contributed by atoms with Crippen LogP contribution in [0, 0.1) is 18.3 Å². The summed E-state index contributed by atoms with van der Waals surface area (Å²) in [6.07, 6.45) is 4.62. The SMILES string of the molecule is C=Cc1cc(C)cc2c1nc(N(CC)CCC)n1cc(C#N)nc21. The van der Waals surface area contributed by atoms with Gasteiger partial charge in [-0.2, -0.15) is 5.26 Å². The van der Waals surface area contributed by atoms with Gasteiger partial charge < -0.3 is 4.90 Å². The van der Waals surface area contributed by atoms with Crippen molar-refractivity contribution < 1.29 is 0 Å². The van der Waals surface area contributed by atoms with Gasteiger partial charge in [-0.1, -0.05) is 19.6 Å². The topological polar surface area (TPSA) is 57.2 Å². The predicted octanol–water partition coefficient (Wildman–Crippen LogP) is 3.94. The van der Waals surface area contributed by atoms with Gasteiger partial charge in [0.1, 0.15) is 6.07 Å². The molecule has 24 heavy (non-hydrogen) atoms. The fourth-order valence-electron chi connectivity index (χ4n) is 3.08. The average Bonchev–Trinajstić information content (AvgIpc) is 3.03. The summed E-state index contributed by atoms with van der Waals surface area (Å²) in [4.78, 5) is 11.6. The molecule has 122 valence electrons. The van der Waals surface area contributed by atoms with Gasteiger partial charge in [0.25, 0.3) is 0 Å². The van der Waals surface area contributed by atoms with Crippen LogP contribution in [0.3, 0.4) is 0 Å². The Balaban J connectivity index is 2.45. The number of aryl methyl sites for hydroxylation is 1. The Hall–Kier alpha value is -2.87. The van der Waals surface area contributed by atoms with E-state index < -0.39 is 0 Å². The van der Waals surface area contributed by atoms with Crippen molar-refractivity contribution >= 4 is 28.6 Å². The van der Waals surface area contributed by atoms with Crippen LogP contribution in [-0.4, -0.2) is 27.5 Å². The van der Waals surface area contributed by atoms with Crippen molar-refractivity contribution in [2.75, 3.05) is 18.0 Å². The van der Waals surface area contributed by atoms with E-state index in [9.17, 15) is 5.26 Å². The van der Waals surface area contributed by atoms with Crippen LogP contribution in [0.2, 0.25) is 0 Å². The molecule has 0 aliphatic heterocycles. The lowest BCUT2D eigenvalue weighted by Gasteiger charge is -2.23. The summed E-state index contributed by atoms with van der Waals surface area (Å²) in [5.74, 6) is 0.822. The second kappa shape index (κ2) is 6.32. The minimum absolute atomic E-state index is 0.403. The third-order valence-electron chi connectivity index (χ3n) is 4.15. The number of imidazole rings is 1. The third kappa shape index (κ3) is 2.50. The molecule has 5 nitrogen and oxygen atoms in total. The minimum atomic E-state index is 0.403. The Kier molecular flexibility index (Phi) is 4.22. The van der Waals surface area contributed by atoms with Crippen LogP contribution in [-0.2, 0) is 0 Å². The molecule has 0 bridgehead atoms. The Morgan fingerprint density at radius 1 is 1.33 bits per heavy atom. The van der Waals surface area contributed by atoms with Crippen LogP contribution in [0.5, 0.6) is 0 Å². The van der Waals surface area contributed by atoms with E-state index in [1.807, 2.05) is 17.4 Å². The van der Waals surface area contributed by atoms with Crippen LogP contribution in [0.1, 0.15) is 37.1 Å². The van der Waals surface area contributed by atoms with E-state index in [1.54, 1.807) is 6.20 Å². The lowest BCUT2D eigenvalue weighted by atomic mass is 10.1. The van der Waals surface area contributed by atoms with Crippen molar-refractivity contribution in [2.24, 2.45) is 0 Å². The van der Waals surface area contributed by atoms with Crippen LogP contribution < -0.4 is 4.90 Å². The number of nitrogens with zero attached hydrogens (tertiary/aromatic N) is 5. The fraction of sp³-hybridized carbons (Fsp3) is 0.316. The maximum atomic E-state index is 9.28. The first-order chi connectivity index (χ1) is 11.6. The lowest BCUT2D eigenvalue weighted by molar-refractivity contribution is 0.757. The van der Waals surface area contributed by atoms with Crippen LogP contribution in [0.15, 0.2) is 24.9 Å². The van der Waals surface area contributed by atoms with Gasteiger partial charge in [0.05, 0.1) is 11.7 Å². The first kappa shape index (κ1) is 16.0. The normalized spacial score (nSPS) is 10.9. The molecule has 0 unspecified atom stereocenters. The molecule has 0 spiro atoms. The number of fused-ring (bicyclic) bond motifs is 3. The number of rotatable bonds is 5. The fourth-order valence-corrected chi connectivity index (χ4v) is 3.08. The zero-order valence-electron chi connectivity index (χ0n) is 14.4. The highest BCUT2D eigenvalue weighted by Crippen LogP contribution is 2.28. The minimum Gasteiger partial charge on any atom is -0.342 e. The Labute approximate surface area is 141 Å². The Morgan fingerprint density at radius 3 is 2.75 bits per heavy atom. The van der Waals surface area contributed by atoms with Gasteiger partial charge in [-0.3, -0.25) is 4.40 Å². The van der Waals surface area contributed by atoms with E-state index in [4.69, 9.17) is 4.98 Å². The standard InChI is InChI=1S/C19H21N5/c1-5-8-23(7-3)19-22-17-14(6-2)9-13(4)10-16(17)18-21-15(11-20)12-24(18)19/h6,9-10,12H,2,5,7-8H2,1,3-4H3. The van der Waals surface area contributed by atoms with Crippen molar-refractivity contribution in [3.63, 3.8) is 0 Å². The summed E-state index contributed by atoms with van der Waals surface area (Å²) < 4.78 is 1.94. The Bertz CT molecular complexity index is 961. The average molecular weight is 319 g/mol. The van der Waals surface area contributed by atoms with Crippen molar-refractivity contribution in [1.29, 1.82) is 5.26 Å². The molecule has 0 saturated carbocycles. The van der Waals surface area contributed by atoms with Crippen LogP contribution in [0.25, 0.3) is 22.6 Å². The molecule has 5 heteroatoms. The highest BCUT2D eigenvalue weighted by molar-refractivity contribution is 5.98. The number of aromatic nitrogens is 3. The highest BCUT2D eigenvalue weighted by Gasteiger charge is 2.17. The van der Waals surface area contributed by atoms with Gasteiger partial charge in [-0.25, -0.2) is 9.97 Å². The summed E-state index contributed by atoms with van der Waals surface area (Å²) in [5, 5.41) is 10.2. The molecular weight excluding hydrogens is 298 g/mol. The van der Waals surface area contributed by atoms with E-state index in [1.165, 1.54) is 0 Å². The second-order valence-electron chi connectivity index (χ2n) is 5.88.